The van der Waals surface area contributed by atoms with Crippen molar-refractivity contribution in [2.45, 2.75) is 23.8 Å². The summed E-state index contributed by atoms with van der Waals surface area (Å²) in [5, 5.41) is 2.77. The van der Waals surface area contributed by atoms with Crippen LogP contribution < -0.4 is 10.0 Å². The summed E-state index contributed by atoms with van der Waals surface area (Å²) in [7, 11) is -3.58. The summed E-state index contributed by atoms with van der Waals surface area (Å²) in [6, 6.07) is 10.0. The molecule has 0 aliphatic carbocycles. The van der Waals surface area contributed by atoms with Crippen molar-refractivity contribution in [1.29, 1.82) is 0 Å². The van der Waals surface area contributed by atoms with E-state index in [9.17, 15) is 13.2 Å². The van der Waals surface area contributed by atoms with E-state index in [1.165, 1.54) is 6.26 Å². The van der Waals surface area contributed by atoms with E-state index in [2.05, 4.69) is 10.0 Å². The standard InChI is InChI=1S/C15H16N2O4S/c18-15-8-12(9-16-15)11-3-5-14(6-4-11)22(19,20)17-10-13-2-1-7-21-13/h1-7,12,17H,8-10H2,(H,16,18)/t12-/m0/s1. The maximum Gasteiger partial charge on any atom is 0.240 e. The van der Waals surface area contributed by atoms with Gasteiger partial charge in [-0.25, -0.2) is 13.1 Å². The van der Waals surface area contributed by atoms with Crippen LogP contribution in [-0.4, -0.2) is 20.9 Å². The lowest BCUT2D eigenvalue weighted by atomic mass is 9.99. The predicted octanol–water partition coefficient (Wildman–Crippen LogP) is 1.36. The van der Waals surface area contributed by atoms with Crippen LogP contribution in [0.1, 0.15) is 23.7 Å². The quantitative estimate of drug-likeness (QED) is 0.870. The molecule has 1 aromatic carbocycles. The van der Waals surface area contributed by atoms with Crippen LogP contribution in [0.2, 0.25) is 0 Å². The molecule has 1 amide bonds. The lowest BCUT2D eigenvalue weighted by Crippen LogP contribution is -2.23. The lowest BCUT2D eigenvalue weighted by Gasteiger charge is -2.09. The van der Waals surface area contributed by atoms with E-state index < -0.39 is 10.0 Å². The third-order valence-electron chi connectivity index (χ3n) is 3.66. The molecular formula is C15H16N2O4S. The molecule has 116 valence electrons. The molecule has 1 atom stereocenters. The number of sulfonamides is 1. The Labute approximate surface area is 128 Å². The highest BCUT2D eigenvalue weighted by Gasteiger charge is 2.23. The normalized spacial score (nSPS) is 18.4. The van der Waals surface area contributed by atoms with Crippen molar-refractivity contribution in [3.05, 3.63) is 54.0 Å². The Morgan fingerprint density at radius 1 is 1.23 bits per heavy atom. The van der Waals surface area contributed by atoms with Gasteiger partial charge < -0.3 is 9.73 Å². The predicted molar refractivity (Wildman–Crippen MR) is 79.5 cm³/mol. The van der Waals surface area contributed by atoms with Gasteiger partial charge in [-0.05, 0) is 29.8 Å². The summed E-state index contributed by atoms with van der Waals surface area (Å²) in [5.41, 5.74) is 0.961. The average Bonchev–Trinajstić information content (AvgIpc) is 3.17. The first-order valence-corrected chi connectivity index (χ1v) is 8.41. The van der Waals surface area contributed by atoms with Crippen LogP contribution >= 0.6 is 0 Å². The molecule has 1 fully saturated rings. The highest BCUT2D eigenvalue weighted by atomic mass is 32.2. The summed E-state index contributed by atoms with van der Waals surface area (Å²) in [6.07, 6.45) is 1.94. The van der Waals surface area contributed by atoms with Crippen LogP contribution in [0.15, 0.2) is 52.0 Å². The van der Waals surface area contributed by atoms with Gasteiger partial charge in [-0.2, -0.15) is 0 Å². The van der Waals surface area contributed by atoms with E-state index in [0.29, 0.717) is 18.7 Å². The Morgan fingerprint density at radius 3 is 2.59 bits per heavy atom. The van der Waals surface area contributed by atoms with Crippen molar-refractivity contribution in [2.75, 3.05) is 6.54 Å². The number of hydrogen-bond acceptors (Lipinski definition) is 4. The lowest BCUT2D eigenvalue weighted by molar-refractivity contribution is -0.119. The van der Waals surface area contributed by atoms with E-state index >= 15 is 0 Å². The second-order valence-corrected chi connectivity index (χ2v) is 6.95. The topological polar surface area (TPSA) is 88.4 Å². The first-order valence-electron chi connectivity index (χ1n) is 6.93. The van der Waals surface area contributed by atoms with Gasteiger partial charge in [0.25, 0.3) is 0 Å². The van der Waals surface area contributed by atoms with Crippen molar-refractivity contribution in [3.8, 4) is 0 Å². The van der Waals surface area contributed by atoms with Gasteiger partial charge in [0.15, 0.2) is 0 Å². The molecule has 3 rings (SSSR count). The van der Waals surface area contributed by atoms with Gasteiger partial charge in [-0.3, -0.25) is 4.79 Å². The Hall–Kier alpha value is -2.12. The van der Waals surface area contributed by atoms with Crippen LogP contribution in [-0.2, 0) is 21.4 Å². The van der Waals surface area contributed by atoms with Gasteiger partial charge in [-0.15, -0.1) is 0 Å². The van der Waals surface area contributed by atoms with Gasteiger partial charge in [0, 0.05) is 18.9 Å². The largest absolute Gasteiger partial charge is 0.468 e. The monoisotopic (exact) mass is 320 g/mol. The minimum absolute atomic E-state index is 0.0295. The second kappa shape index (κ2) is 5.94. The Morgan fingerprint density at radius 2 is 2.00 bits per heavy atom. The number of furan rings is 1. The van der Waals surface area contributed by atoms with Crippen molar-refractivity contribution >= 4 is 15.9 Å². The van der Waals surface area contributed by atoms with Crippen molar-refractivity contribution < 1.29 is 17.6 Å². The number of hydrogen-bond donors (Lipinski definition) is 2. The van der Waals surface area contributed by atoms with Gasteiger partial charge >= 0.3 is 0 Å². The van der Waals surface area contributed by atoms with Crippen LogP contribution in [0.4, 0.5) is 0 Å². The molecule has 2 heterocycles. The Kier molecular flexibility index (Phi) is 4.00. The molecule has 1 saturated heterocycles. The number of amides is 1. The third-order valence-corrected chi connectivity index (χ3v) is 5.07. The Balaban J connectivity index is 1.70. The van der Waals surface area contributed by atoms with E-state index in [4.69, 9.17) is 4.42 Å². The molecule has 1 aliphatic rings. The van der Waals surface area contributed by atoms with Gasteiger partial charge in [0.1, 0.15) is 5.76 Å². The summed E-state index contributed by atoms with van der Waals surface area (Å²) >= 11 is 0. The molecule has 2 N–H and O–H groups in total. The number of carbonyl (C=O) groups is 1. The average molecular weight is 320 g/mol. The summed E-state index contributed by atoms with van der Waals surface area (Å²) < 4.78 is 32.0. The maximum absolute atomic E-state index is 12.2. The molecule has 0 spiro atoms. The molecule has 22 heavy (non-hydrogen) atoms. The van der Waals surface area contributed by atoms with Gasteiger partial charge in [0.05, 0.1) is 17.7 Å². The highest BCUT2D eigenvalue weighted by molar-refractivity contribution is 7.89. The molecule has 0 unspecified atom stereocenters. The van der Waals surface area contributed by atoms with E-state index in [1.807, 2.05) is 0 Å². The number of benzene rings is 1. The van der Waals surface area contributed by atoms with Crippen LogP contribution in [0, 0.1) is 0 Å². The summed E-state index contributed by atoms with van der Waals surface area (Å²) in [6.45, 7) is 0.708. The molecule has 1 aromatic heterocycles. The first-order chi connectivity index (χ1) is 10.5. The fourth-order valence-electron chi connectivity index (χ4n) is 2.42. The molecule has 0 bridgehead atoms. The second-order valence-electron chi connectivity index (χ2n) is 5.18. The first kappa shape index (κ1) is 14.8. The fourth-order valence-corrected chi connectivity index (χ4v) is 3.42. The van der Waals surface area contributed by atoms with Crippen LogP contribution in [0.5, 0.6) is 0 Å². The fraction of sp³-hybridized carbons (Fsp3) is 0.267. The third kappa shape index (κ3) is 3.20. The van der Waals surface area contributed by atoms with E-state index in [-0.39, 0.29) is 23.3 Å². The zero-order valence-electron chi connectivity index (χ0n) is 11.8. The minimum Gasteiger partial charge on any atom is -0.468 e. The molecule has 0 radical (unpaired) electrons. The molecule has 7 heteroatoms. The van der Waals surface area contributed by atoms with E-state index in [1.54, 1.807) is 36.4 Å². The molecule has 2 aromatic rings. The minimum atomic E-state index is -3.58. The Bertz CT molecular complexity index is 751. The van der Waals surface area contributed by atoms with Gasteiger partial charge in [-0.1, -0.05) is 12.1 Å². The molecule has 1 aliphatic heterocycles. The van der Waals surface area contributed by atoms with E-state index in [0.717, 1.165) is 5.56 Å². The molecule has 6 nitrogen and oxygen atoms in total. The van der Waals surface area contributed by atoms with Crippen LogP contribution in [0.25, 0.3) is 0 Å². The van der Waals surface area contributed by atoms with Crippen LogP contribution in [0.3, 0.4) is 0 Å². The summed E-state index contributed by atoms with van der Waals surface area (Å²) in [4.78, 5) is 11.4. The number of nitrogens with one attached hydrogen (secondary N) is 2. The zero-order valence-corrected chi connectivity index (χ0v) is 12.6. The number of carbonyl (C=O) groups excluding carboxylic acids is 1. The van der Waals surface area contributed by atoms with Crippen molar-refractivity contribution in [2.24, 2.45) is 0 Å². The van der Waals surface area contributed by atoms with Crippen molar-refractivity contribution in [3.63, 3.8) is 0 Å². The van der Waals surface area contributed by atoms with Crippen molar-refractivity contribution in [1.82, 2.24) is 10.0 Å². The highest BCUT2D eigenvalue weighted by Crippen LogP contribution is 2.24. The zero-order chi connectivity index (χ0) is 15.6. The molecular weight excluding hydrogens is 304 g/mol. The summed E-state index contributed by atoms with van der Waals surface area (Å²) in [5.74, 6) is 0.692. The SMILES string of the molecule is O=C1C[C@H](c2ccc(S(=O)(=O)NCc3ccco3)cc2)CN1. The number of rotatable bonds is 5. The van der Waals surface area contributed by atoms with Gasteiger partial charge in [0.2, 0.25) is 15.9 Å². The molecule has 0 saturated carbocycles. The smallest absolute Gasteiger partial charge is 0.240 e. The maximum atomic E-state index is 12.2.